The molecule has 2 aliphatic rings. The molecule has 2 atom stereocenters. The average molecular weight is 424 g/mol. The zero-order valence-electron chi connectivity index (χ0n) is 19.2. The molecule has 4 heteroatoms. The van der Waals surface area contributed by atoms with Crippen LogP contribution in [0.3, 0.4) is 0 Å². The van der Waals surface area contributed by atoms with E-state index in [-0.39, 0.29) is 6.61 Å². The predicted molar refractivity (Wildman–Crippen MR) is 125 cm³/mol. The molecule has 2 aromatic carbocycles. The van der Waals surface area contributed by atoms with Gasteiger partial charge in [0.2, 0.25) is 0 Å². The minimum Gasteiger partial charge on any atom is -0.490 e. The zero-order chi connectivity index (χ0) is 22.0. The van der Waals surface area contributed by atoms with Gasteiger partial charge in [-0.25, -0.2) is 0 Å². The molecular weight excluding hydrogens is 386 g/mol. The molecule has 4 rings (SSSR count). The molecule has 1 aliphatic carbocycles. The molecule has 0 unspecified atom stereocenters. The van der Waals surface area contributed by atoms with Crippen LogP contribution < -0.4 is 4.74 Å². The Morgan fingerprint density at radius 1 is 0.935 bits per heavy atom. The highest BCUT2D eigenvalue weighted by molar-refractivity contribution is 5.44. The van der Waals surface area contributed by atoms with E-state index in [2.05, 4.69) is 61.2 Å². The highest BCUT2D eigenvalue weighted by atomic mass is 16.5. The topological polar surface area (TPSA) is 52.9 Å². The van der Waals surface area contributed by atoms with Crippen LogP contribution in [0, 0.1) is 20.8 Å². The summed E-state index contributed by atoms with van der Waals surface area (Å²) in [6.45, 7) is 7.58. The SMILES string of the molecule is Cc1ccc(C)c(OC[C@@]2(O)CN(C3CCC(c4ccccc4)CC3)CC[C@@H]2O)c1C. The van der Waals surface area contributed by atoms with Crippen LogP contribution in [0.15, 0.2) is 42.5 Å². The van der Waals surface area contributed by atoms with Gasteiger partial charge in [-0.3, -0.25) is 4.90 Å². The first-order chi connectivity index (χ1) is 14.9. The van der Waals surface area contributed by atoms with Crippen LogP contribution in [-0.2, 0) is 0 Å². The van der Waals surface area contributed by atoms with Crippen molar-refractivity contribution in [3.63, 3.8) is 0 Å². The summed E-state index contributed by atoms with van der Waals surface area (Å²) in [6, 6.07) is 15.4. The van der Waals surface area contributed by atoms with Crippen molar-refractivity contribution in [2.45, 2.75) is 76.5 Å². The van der Waals surface area contributed by atoms with Gasteiger partial charge in [0.1, 0.15) is 18.0 Å². The summed E-state index contributed by atoms with van der Waals surface area (Å²) in [4.78, 5) is 2.40. The smallest absolute Gasteiger partial charge is 0.137 e. The van der Waals surface area contributed by atoms with Crippen molar-refractivity contribution >= 4 is 0 Å². The number of ether oxygens (including phenoxy) is 1. The molecule has 0 radical (unpaired) electrons. The average Bonchev–Trinajstić information content (AvgIpc) is 2.79. The van der Waals surface area contributed by atoms with E-state index in [1.54, 1.807) is 0 Å². The number of β-amino-alcohol motifs (C(OH)–C–C–N with tert-alkyl or cyclic N) is 1. The van der Waals surface area contributed by atoms with E-state index >= 15 is 0 Å². The molecule has 31 heavy (non-hydrogen) atoms. The number of aliphatic hydroxyl groups is 2. The van der Waals surface area contributed by atoms with Crippen molar-refractivity contribution in [3.05, 3.63) is 64.7 Å². The molecule has 1 saturated carbocycles. The summed E-state index contributed by atoms with van der Waals surface area (Å²) < 4.78 is 6.14. The van der Waals surface area contributed by atoms with Crippen molar-refractivity contribution in [3.8, 4) is 5.75 Å². The molecule has 1 heterocycles. The van der Waals surface area contributed by atoms with Gasteiger partial charge < -0.3 is 14.9 Å². The van der Waals surface area contributed by atoms with Crippen molar-refractivity contribution < 1.29 is 14.9 Å². The summed E-state index contributed by atoms with van der Waals surface area (Å²) in [6.07, 6.45) is 4.49. The second kappa shape index (κ2) is 9.32. The summed E-state index contributed by atoms with van der Waals surface area (Å²) in [5.74, 6) is 1.48. The van der Waals surface area contributed by atoms with Crippen molar-refractivity contribution in [1.82, 2.24) is 4.90 Å². The fourth-order valence-electron chi connectivity index (χ4n) is 5.39. The monoisotopic (exact) mass is 423 g/mol. The first kappa shape index (κ1) is 22.3. The van der Waals surface area contributed by atoms with Crippen LogP contribution in [0.4, 0.5) is 0 Å². The largest absolute Gasteiger partial charge is 0.490 e. The third-order valence-corrected chi connectivity index (χ3v) is 7.61. The molecule has 2 N–H and O–H groups in total. The predicted octanol–water partition coefficient (Wildman–Crippen LogP) is 4.51. The van der Waals surface area contributed by atoms with Gasteiger partial charge in [-0.05, 0) is 81.0 Å². The summed E-state index contributed by atoms with van der Waals surface area (Å²) in [5.41, 5.74) is 3.55. The Morgan fingerprint density at radius 3 is 2.32 bits per heavy atom. The van der Waals surface area contributed by atoms with Crippen LogP contribution in [0.2, 0.25) is 0 Å². The maximum Gasteiger partial charge on any atom is 0.137 e. The van der Waals surface area contributed by atoms with Crippen molar-refractivity contribution in [2.75, 3.05) is 19.7 Å². The number of aryl methyl sites for hydroxylation is 2. The Balaban J connectivity index is 1.38. The van der Waals surface area contributed by atoms with Crippen LogP contribution in [0.5, 0.6) is 5.75 Å². The fraction of sp³-hybridized carbons (Fsp3) is 0.556. The summed E-state index contributed by atoms with van der Waals surface area (Å²) in [7, 11) is 0. The van der Waals surface area contributed by atoms with Gasteiger partial charge in [-0.15, -0.1) is 0 Å². The Hall–Kier alpha value is -1.88. The normalized spacial score (nSPS) is 29.6. The first-order valence-corrected chi connectivity index (χ1v) is 11.8. The highest BCUT2D eigenvalue weighted by Crippen LogP contribution is 2.37. The van der Waals surface area contributed by atoms with Crippen LogP contribution in [0.25, 0.3) is 0 Å². The van der Waals surface area contributed by atoms with Crippen LogP contribution in [-0.4, -0.2) is 52.6 Å². The van der Waals surface area contributed by atoms with Crippen molar-refractivity contribution in [2.24, 2.45) is 0 Å². The molecule has 2 aromatic rings. The molecule has 0 spiro atoms. The zero-order valence-corrected chi connectivity index (χ0v) is 19.2. The van der Waals surface area contributed by atoms with Gasteiger partial charge in [0, 0.05) is 19.1 Å². The molecule has 0 aromatic heterocycles. The second-order valence-corrected chi connectivity index (χ2v) is 9.74. The molecule has 1 aliphatic heterocycles. The van der Waals surface area contributed by atoms with E-state index in [1.807, 2.05) is 6.92 Å². The number of likely N-dealkylation sites (tertiary alicyclic amines) is 1. The maximum atomic E-state index is 11.4. The Bertz CT molecular complexity index is 876. The third kappa shape index (κ3) is 4.82. The lowest BCUT2D eigenvalue weighted by atomic mass is 9.80. The van der Waals surface area contributed by atoms with E-state index in [9.17, 15) is 10.2 Å². The molecular formula is C27H37NO3. The summed E-state index contributed by atoms with van der Waals surface area (Å²) >= 11 is 0. The number of hydrogen-bond acceptors (Lipinski definition) is 4. The quantitative estimate of drug-likeness (QED) is 0.743. The number of nitrogens with zero attached hydrogens (tertiary/aromatic N) is 1. The maximum absolute atomic E-state index is 11.4. The van der Waals surface area contributed by atoms with Gasteiger partial charge in [0.05, 0.1) is 6.10 Å². The molecule has 2 fully saturated rings. The van der Waals surface area contributed by atoms with Crippen LogP contribution in [0.1, 0.15) is 60.3 Å². The highest BCUT2D eigenvalue weighted by Gasteiger charge is 2.44. The first-order valence-electron chi connectivity index (χ1n) is 11.8. The number of aliphatic hydroxyl groups excluding tert-OH is 1. The lowest BCUT2D eigenvalue weighted by Gasteiger charge is -2.47. The third-order valence-electron chi connectivity index (χ3n) is 7.61. The van der Waals surface area contributed by atoms with Gasteiger partial charge in [0.15, 0.2) is 0 Å². The van der Waals surface area contributed by atoms with E-state index in [4.69, 9.17) is 4.74 Å². The number of benzene rings is 2. The molecule has 168 valence electrons. The second-order valence-electron chi connectivity index (χ2n) is 9.74. The Labute approximate surface area is 186 Å². The lowest BCUT2D eigenvalue weighted by molar-refractivity contribution is -0.147. The molecule has 4 nitrogen and oxygen atoms in total. The van der Waals surface area contributed by atoms with Crippen LogP contribution >= 0.6 is 0 Å². The molecule has 0 amide bonds. The number of piperidine rings is 1. The lowest BCUT2D eigenvalue weighted by Crippen LogP contribution is -2.62. The van der Waals surface area contributed by atoms with Gasteiger partial charge in [-0.1, -0.05) is 42.5 Å². The minimum atomic E-state index is -1.24. The molecule has 0 bridgehead atoms. The Kier molecular flexibility index (Phi) is 6.71. The minimum absolute atomic E-state index is 0.120. The van der Waals surface area contributed by atoms with E-state index < -0.39 is 11.7 Å². The Morgan fingerprint density at radius 2 is 1.61 bits per heavy atom. The van der Waals surface area contributed by atoms with E-state index in [1.165, 1.54) is 24.0 Å². The fourth-order valence-corrected chi connectivity index (χ4v) is 5.39. The molecule has 1 saturated heterocycles. The van der Waals surface area contributed by atoms with Gasteiger partial charge in [-0.2, -0.15) is 0 Å². The van der Waals surface area contributed by atoms with Gasteiger partial charge in [0.25, 0.3) is 0 Å². The van der Waals surface area contributed by atoms with Crippen molar-refractivity contribution in [1.29, 1.82) is 0 Å². The van der Waals surface area contributed by atoms with Gasteiger partial charge >= 0.3 is 0 Å². The standard InChI is InChI=1S/C27H37NO3/c1-19-9-10-20(2)26(21(19)3)31-18-27(30)17-28(16-15-25(27)29)24-13-11-23(12-14-24)22-7-5-4-6-8-22/h4-10,23-25,29-30H,11-18H2,1-3H3/t23?,24?,25-,27-/m0/s1. The van der Waals surface area contributed by atoms with E-state index in [0.717, 1.165) is 36.3 Å². The number of hydrogen-bond donors (Lipinski definition) is 2. The van der Waals surface area contributed by atoms with E-state index in [0.29, 0.717) is 24.9 Å². The number of rotatable bonds is 5. The summed E-state index contributed by atoms with van der Waals surface area (Å²) in [5, 5.41) is 22.0.